The van der Waals surface area contributed by atoms with Crippen LogP contribution in [0.4, 0.5) is 0 Å². The minimum absolute atomic E-state index is 0.955. The van der Waals surface area contributed by atoms with Gasteiger partial charge in [-0.1, -0.05) is 39.3 Å². The van der Waals surface area contributed by atoms with Crippen LogP contribution in [-0.2, 0) is 0 Å². The summed E-state index contributed by atoms with van der Waals surface area (Å²) >= 11 is 0. The first-order valence-electron chi connectivity index (χ1n) is 5.11. The predicted octanol–water partition coefficient (Wildman–Crippen LogP) is 4.12. The van der Waals surface area contributed by atoms with Gasteiger partial charge in [0.1, 0.15) is 0 Å². The van der Waals surface area contributed by atoms with Crippen LogP contribution >= 0.6 is 0 Å². The van der Waals surface area contributed by atoms with Gasteiger partial charge >= 0.3 is 0 Å². The van der Waals surface area contributed by atoms with Crippen LogP contribution in [-0.4, -0.2) is 6.72 Å². The van der Waals surface area contributed by atoms with E-state index in [1.165, 1.54) is 24.8 Å². The molecule has 0 radical (unpaired) electrons. The molecule has 0 fully saturated rings. The number of hydrogen-bond acceptors (Lipinski definition) is 1. The lowest BCUT2D eigenvalue weighted by Gasteiger charge is -2.05. The van der Waals surface area contributed by atoms with Gasteiger partial charge in [0.15, 0.2) is 0 Å². The van der Waals surface area contributed by atoms with E-state index in [4.69, 9.17) is 0 Å². The van der Waals surface area contributed by atoms with E-state index in [9.17, 15) is 0 Å². The number of rotatable bonds is 7. The Hall–Kier alpha value is -0.850. The van der Waals surface area contributed by atoms with Crippen molar-refractivity contribution in [2.45, 2.75) is 46.0 Å². The average molecular weight is 179 g/mol. The fourth-order valence-electron chi connectivity index (χ4n) is 1.37. The lowest BCUT2D eigenvalue weighted by molar-refractivity contribution is 0.714. The van der Waals surface area contributed by atoms with Crippen molar-refractivity contribution in [1.29, 1.82) is 0 Å². The Morgan fingerprint density at radius 2 is 2.00 bits per heavy atom. The van der Waals surface area contributed by atoms with Crippen LogP contribution in [0.3, 0.4) is 0 Å². The van der Waals surface area contributed by atoms with E-state index in [1.54, 1.807) is 0 Å². The van der Waals surface area contributed by atoms with Crippen LogP contribution in [0.2, 0.25) is 0 Å². The number of allylic oxidation sites excluding steroid dienone is 3. The van der Waals surface area contributed by atoms with E-state index in [0.717, 1.165) is 18.5 Å². The van der Waals surface area contributed by atoms with Crippen LogP contribution in [0.1, 0.15) is 46.0 Å². The van der Waals surface area contributed by atoms with Gasteiger partial charge in [0.25, 0.3) is 0 Å². The van der Waals surface area contributed by atoms with Gasteiger partial charge in [-0.3, -0.25) is 4.99 Å². The van der Waals surface area contributed by atoms with Gasteiger partial charge in [0, 0.05) is 5.70 Å². The quantitative estimate of drug-likeness (QED) is 0.317. The number of unbranched alkanes of at least 4 members (excludes halogenated alkanes) is 2. The first-order chi connectivity index (χ1) is 6.29. The third kappa shape index (κ3) is 4.66. The summed E-state index contributed by atoms with van der Waals surface area (Å²) in [6.45, 7) is 11.7. The van der Waals surface area contributed by atoms with E-state index in [-0.39, 0.29) is 0 Å². The maximum Gasteiger partial charge on any atom is 0.0425 e. The Balaban J connectivity index is 4.20. The fraction of sp³-hybridized carbons (Fsp3) is 0.583. The highest BCUT2D eigenvalue weighted by atomic mass is 14.7. The smallest absolute Gasteiger partial charge is 0.0425 e. The van der Waals surface area contributed by atoms with Crippen LogP contribution < -0.4 is 0 Å². The molecule has 0 aliphatic rings. The van der Waals surface area contributed by atoms with E-state index in [1.807, 2.05) is 6.08 Å². The summed E-state index contributed by atoms with van der Waals surface area (Å²) in [6, 6.07) is 0. The van der Waals surface area contributed by atoms with Crippen LogP contribution in [0, 0.1) is 0 Å². The van der Waals surface area contributed by atoms with Crippen LogP contribution in [0.5, 0.6) is 0 Å². The summed E-state index contributed by atoms with van der Waals surface area (Å²) in [5.74, 6) is 0. The Morgan fingerprint density at radius 1 is 1.31 bits per heavy atom. The Labute approximate surface area is 82.3 Å². The second kappa shape index (κ2) is 7.78. The SMILES string of the molecule is C=C/C(CCCCC)=C(/CC)N=C. The number of nitrogens with zero attached hydrogens (tertiary/aromatic N) is 1. The highest BCUT2D eigenvalue weighted by molar-refractivity contribution is 5.33. The summed E-state index contributed by atoms with van der Waals surface area (Å²) in [7, 11) is 0. The largest absolute Gasteiger partial charge is 0.269 e. The molecule has 74 valence electrons. The predicted molar refractivity (Wildman–Crippen MR) is 61.2 cm³/mol. The molecule has 0 aromatic heterocycles. The zero-order chi connectivity index (χ0) is 10.1. The van der Waals surface area contributed by atoms with Gasteiger partial charge in [0.2, 0.25) is 0 Å². The zero-order valence-corrected chi connectivity index (χ0v) is 8.97. The lowest BCUT2D eigenvalue weighted by atomic mass is 10.0. The molecule has 13 heavy (non-hydrogen) atoms. The summed E-state index contributed by atoms with van der Waals surface area (Å²) in [5, 5.41) is 0. The molecule has 1 nitrogen and oxygen atoms in total. The third-order valence-electron chi connectivity index (χ3n) is 2.19. The monoisotopic (exact) mass is 179 g/mol. The maximum absolute atomic E-state index is 4.01. The van der Waals surface area contributed by atoms with E-state index >= 15 is 0 Å². The first-order valence-corrected chi connectivity index (χ1v) is 5.11. The Bertz CT molecular complexity index is 189. The molecule has 1 heteroatoms. The highest BCUT2D eigenvalue weighted by Gasteiger charge is 1.99. The standard InChI is InChI=1S/C12H21N/c1-5-8-9-10-11(6-2)12(7-3)13-4/h6H,2,4-5,7-10H2,1,3H3/b12-11+. The number of aliphatic imine (C=N–C) groups is 1. The van der Waals surface area contributed by atoms with E-state index < -0.39 is 0 Å². The van der Waals surface area contributed by atoms with Gasteiger partial charge in [-0.05, 0) is 31.6 Å². The van der Waals surface area contributed by atoms with Crippen molar-refractivity contribution in [3.8, 4) is 0 Å². The van der Waals surface area contributed by atoms with Crippen molar-refractivity contribution >= 4 is 6.72 Å². The molecule has 0 amide bonds. The first kappa shape index (κ1) is 12.2. The lowest BCUT2D eigenvalue weighted by Crippen LogP contribution is -1.86. The maximum atomic E-state index is 4.01. The minimum Gasteiger partial charge on any atom is -0.269 e. The molecule has 0 spiro atoms. The highest BCUT2D eigenvalue weighted by Crippen LogP contribution is 2.17. The molecule has 0 rings (SSSR count). The molecule has 0 aliphatic heterocycles. The Morgan fingerprint density at radius 3 is 2.38 bits per heavy atom. The van der Waals surface area contributed by atoms with Crippen LogP contribution in [0.25, 0.3) is 0 Å². The second-order valence-electron chi connectivity index (χ2n) is 3.14. The van der Waals surface area contributed by atoms with Gasteiger partial charge in [-0.25, -0.2) is 0 Å². The second-order valence-corrected chi connectivity index (χ2v) is 3.14. The molecular formula is C12H21N. The van der Waals surface area contributed by atoms with Gasteiger partial charge in [0.05, 0.1) is 0 Å². The summed E-state index contributed by atoms with van der Waals surface area (Å²) in [5.41, 5.74) is 2.37. The normalized spacial score (nSPS) is 12.2. The van der Waals surface area contributed by atoms with Crippen molar-refractivity contribution in [3.05, 3.63) is 23.9 Å². The van der Waals surface area contributed by atoms with Crippen LogP contribution in [0.15, 0.2) is 28.9 Å². The summed E-state index contributed by atoms with van der Waals surface area (Å²) in [4.78, 5) is 4.01. The molecule has 0 bridgehead atoms. The average Bonchev–Trinajstić information content (AvgIpc) is 2.17. The molecular weight excluding hydrogens is 158 g/mol. The molecule has 0 N–H and O–H groups in total. The molecule has 0 atom stereocenters. The molecule has 0 saturated heterocycles. The molecule has 0 saturated carbocycles. The molecule has 0 heterocycles. The van der Waals surface area contributed by atoms with Crippen molar-refractivity contribution < 1.29 is 0 Å². The topological polar surface area (TPSA) is 12.4 Å². The van der Waals surface area contributed by atoms with E-state index in [2.05, 4.69) is 32.1 Å². The molecule has 0 aliphatic carbocycles. The zero-order valence-electron chi connectivity index (χ0n) is 8.97. The van der Waals surface area contributed by atoms with Crippen molar-refractivity contribution in [2.75, 3.05) is 0 Å². The summed E-state index contributed by atoms with van der Waals surface area (Å²) < 4.78 is 0. The number of hydrogen-bond donors (Lipinski definition) is 0. The summed E-state index contributed by atoms with van der Waals surface area (Å²) in [6.07, 6.45) is 7.75. The molecule has 0 aromatic carbocycles. The third-order valence-corrected chi connectivity index (χ3v) is 2.19. The fourth-order valence-corrected chi connectivity index (χ4v) is 1.37. The van der Waals surface area contributed by atoms with Gasteiger partial charge in [-0.2, -0.15) is 0 Å². The molecule has 0 unspecified atom stereocenters. The van der Waals surface area contributed by atoms with Gasteiger partial charge in [-0.15, -0.1) is 0 Å². The molecule has 0 aromatic rings. The van der Waals surface area contributed by atoms with E-state index in [0.29, 0.717) is 0 Å². The van der Waals surface area contributed by atoms with Crippen molar-refractivity contribution in [2.24, 2.45) is 4.99 Å². The van der Waals surface area contributed by atoms with Gasteiger partial charge < -0.3 is 0 Å². The minimum atomic E-state index is 0.955. The van der Waals surface area contributed by atoms with Crippen molar-refractivity contribution in [3.63, 3.8) is 0 Å². The Kier molecular flexibility index (Phi) is 7.27. The van der Waals surface area contributed by atoms with Crippen molar-refractivity contribution in [1.82, 2.24) is 0 Å².